The van der Waals surface area contributed by atoms with Gasteiger partial charge in [0.05, 0.1) is 18.2 Å². The fourth-order valence-corrected chi connectivity index (χ4v) is 3.18. The van der Waals surface area contributed by atoms with Crippen LogP contribution in [0.1, 0.15) is 27.2 Å². The van der Waals surface area contributed by atoms with E-state index in [4.69, 9.17) is 4.74 Å². The third-order valence-electron chi connectivity index (χ3n) is 4.65. The van der Waals surface area contributed by atoms with E-state index in [0.717, 1.165) is 25.1 Å². The highest BCUT2D eigenvalue weighted by Crippen LogP contribution is 2.30. The standard InChI is InChI=1S/C15H25NO5.ClH/c1-9(2)15(20,10(3)17)14(19)21-8-11-4-6-16-7-5-12(18)13(11)16;/h4,9-10,12-13,17-18,20H,5-8H2,1-3H3;1H/t10-,12-,13?,15-;/m0./s1. The molecule has 128 valence electrons. The Labute approximate surface area is 137 Å². The molecule has 2 rings (SSSR count). The lowest BCUT2D eigenvalue weighted by Crippen LogP contribution is -2.53. The minimum atomic E-state index is -1.91. The Morgan fingerprint density at radius 3 is 2.68 bits per heavy atom. The predicted octanol–water partition coefficient (Wildman–Crippen LogP) is 0.0945. The van der Waals surface area contributed by atoms with Crippen LogP contribution in [0.3, 0.4) is 0 Å². The summed E-state index contributed by atoms with van der Waals surface area (Å²) in [7, 11) is 0. The molecule has 0 saturated carbocycles. The molecule has 22 heavy (non-hydrogen) atoms. The summed E-state index contributed by atoms with van der Waals surface area (Å²) in [5.41, 5.74) is -1.04. The molecule has 2 aliphatic heterocycles. The first-order valence-electron chi connectivity index (χ1n) is 7.47. The number of nitrogens with zero attached hydrogens (tertiary/aromatic N) is 1. The molecule has 1 unspecified atom stereocenters. The topological polar surface area (TPSA) is 90.2 Å². The minimum absolute atomic E-state index is 0. The molecule has 0 spiro atoms. The normalized spacial score (nSPS) is 28.6. The zero-order valence-electron chi connectivity index (χ0n) is 13.2. The van der Waals surface area contributed by atoms with Crippen molar-refractivity contribution in [2.45, 2.75) is 51.0 Å². The zero-order chi connectivity index (χ0) is 15.8. The van der Waals surface area contributed by atoms with Gasteiger partial charge in [0.25, 0.3) is 0 Å². The van der Waals surface area contributed by atoms with Crippen molar-refractivity contribution < 1.29 is 24.9 Å². The fourth-order valence-electron chi connectivity index (χ4n) is 3.18. The number of aliphatic hydroxyl groups excluding tert-OH is 2. The summed E-state index contributed by atoms with van der Waals surface area (Å²) in [6.07, 6.45) is 1.03. The maximum atomic E-state index is 12.1. The van der Waals surface area contributed by atoms with Crippen molar-refractivity contribution in [3.63, 3.8) is 0 Å². The van der Waals surface area contributed by atoms with E-state index in [9.17, 15) is 20.1 Å². The maximum absolute atomic E-state index is 12.1. The molecule has 1 saturated heterocycles. The van der Waals surface area contributed by atoms with Gasteiger partial charge >= 0.3 is 5.97 Å². The van der Waals surface area contributed by atoms with Crippen LogP contribution in [0.15, 0.2) is 11.6 Å². The second-order valence-corrected chi connectivity index (χ2v) is 6.31. The van der Waals surface area contributed by atoms with E-state index < -0.39 is 29.7 Å². The number of fused-ring (bicyclic) bond motifs is 1. The van der Waals surface area contributed by atoms with Gasteiger partial charge in [-0.3, -0.25) is 4.90 Å². The van der Waals surface area contributed by atoms with Crippen molar-refractivity contribution in [1.82, 2.24) is 4.90 Å². The molecular weight excluding hydrogens is 310 g/mol. The lowest BCUT2D eigenvalue weighted by Gasteiger charge is -2.32. The predicted molar refractivity (Wildman–Crippen MR) is 83.7 cm³/mol. The molecule has 4 atom stereocenters. The van der Waals surface area contributed by atoms with Crippen LogP contribution >= 0.6 is 12.4 Å². The highest BCUT2D eigenvalue weighted by Gasteiger charge is 2.46. The number of hydrogen-bond donors (Lipinski definition) is 3. The summed E-state index contributed by atoms with van der Waals surface area (Å²) < 4.78 is 5.22. The lowest BCUT2D eigenvalue weighted by atomic mass is 9.85. The van der Waals surface area contributed by atoms with Gasteiger partial charge in [0.1, 0.15) is 6.61 Å². The van der Waals surface area contributed by atoms with E-state index in [2.05, 4.69) is 4.90 Å². The van der Waals surface area contributed by atoms with Crippen LogP contribution in [0.25, 0.3) is 0 Å². The van der Waals surface area contributed by atoms with Crippen LogP contribution in [-0.4, -0.2) is 69.7 Å². The van der Waals surface area contributed by atoms with Crippen molar-refractivity contribution in [3.8, 4) is 0 Å². The molecule has 2 aliphatic rings. The molecular formula is C15H26ClNO5. The van der Waals surface area contributed by atoms with Crippen molar-refractivity contribution in [2.75, 3.05) is 19.7 Å². The molecule has 7 heteroatoms. The summed E-state index contributed by atoms with van der Waals surface area (Å²) in [4.78, 5) is 14.3. The Morgan fingerprint density at radius 1 is 1.50 bits per heavy atom. The molecule has 0 amide bonds. The third-order valence-corrected chi connectivity index (χ3v) is 4.65. The van der Waals surface area contributed by atoms with Gasteiger partial charge in [0.2, 0.25) is 0 Å². The van der Waals surface area contributed by atoms with Crippen LogP contribution in [0.5, 0.6) is 0 Å². The Hall–Kier alpha value is -0.660. The van der Waals surface area contributed by atoms with Crippen LogP contribution in [0.2, 0.25) is 0 Å². The van der Waals surface area contributed by atoms with Gasteiger partial charge in [-0.15, -0.1) is 12.4 Å². The molecule has 0 aromatic heterocycles. The Balaban J connectivity index is 0.00000242. The van der Waals surface area contributed by atoms with E-state index in [1.807, 2.05) is 6.08 Å². The van der Waals surface area contributed by atoms with Crippen LogP contribution in [0, 0.1) is 5.92 Å². The number of carbonyl (C=O) groups excluding carboxylic acids is 1. The van der Waals surface area contributed by atoms with E-state index in [0.29, 0.717) is 0 Å². The monoisotopic (exact) mass is 335 g/mol. The average Bonchev–Trinajstić information content (AvgIpc) is 2.98. The number of esters is 1. The Kier molecular flexibility index (Phi) is 6.41. The molecule has 0 aromatic carbocycles. The second kappa shape index (κ2) is 7.27. The highest BCUT2D eigenvalue weighted by molar-refractivity contribution is 5.85. The summed E-state index contributed by atoms with van der Waals surface area (Å²) in [5.74, 6) is -1.28. The quantitative estimate of drug-likeness (QED) is 0.487. The highest BCUT2D eigenvalue weighted by atomic mass is 35.5. The average molecular weight is 336 g/mol. The molecule has 0 bridgehead atoms. The number of aliphatic hydroxyl groups is 3. The second-order valence-electron chi connectivity index (χ2n) is 6.31. The summed E-state index contributed by atoms with van der Waals surface area (Å²) in [6, 6.07) is -0.0866. The first-order chi connectivity index (χ1) is 9.78. The van der Waals surface area contributed by atoms with E-state index in [-0.39, 0.29) is 25.1 Å². The SMILES string of the molecule is CC(C)[C@@](O)(C(=O)OCC1=CCN2CC[C@H](O)C12)[C@H](C)O.Cl. The number of ether oxygens (including phenoxy) is 1. The minimum Gasteiger partial charge on any atom is -0.459 e. The molecule has 3 N–H and O–H groups in total. The van der Waals surface area contributed by atoms with Crippen LogP contribution in [-0.2, 0) is 9.53 Å². The van der Waals surface area contributed by atoms with Gasteiger partial charge in [-0.25, -0.2) is 4.79 Å². The van der Waals surface area contributed by atoms with E-state index >= 15 is 0 Å². The van der Waals surface area contributed by atoms with Crippen LogP contribution in [0.4, 0.5) is 0 Å². The third kappa shape index (κ3) is 3.31. The van der Waals surface area contributed by atoms with Crippen molar-refractivity contribution in [2.24, 2.45) is 5.92 Å². The molecule has 0 aliphatic carbocycles. The Bertz CT molecular complexity index is 430. The van der Waals surface area contributed by atoms with Gasteiger partial charge in [-0.2, -0.15) is 0 Å². The number of halogens is 1. The van der Waals surface area contributed by atoms with Gasteiger partial charge in [-0.1, -0.05) is 19.9 Å². The summed E-state index contributed by atoms with van der Waals surface area (Å²) >= 11 is 0. The molecule has 6 nitrogen and oxygen atoms in total. The van der Waals surface area contributed by atoms with Crippen molar-refractivity contribution in [1.29, 1.82) is 0 Å². The number of hydrogen-bond acceptors (Lipinski definition) is 6. The van der Waals surface area contributed by atoms with Crippen molar-refractivity contribution >= 4 is 18.4 Å². The molecule has 0 radical (unpaired) electrons. The van der Waals surface area contributed by atoms with E-state index in [1.165, 1.54) is 6.92 Å². The lowest BCUT2D eigenvalue weighted by molar-refractivity contribution is -0.183. The fraction of sp³-hybridized carbons (Fsp3) is 0.800. The summed E-state index contributed by atoms with van der Waals surface area (Å²) in [5, 5.41) is 30.0. The summed E-state index contributed by atoms with van der Waals surface area (Å²) in [6.45, 7) is 6.32. The van der Waals surface area contributed by atoms with Crippen molar-refractivity contribution in [3.05, 3.63) is 11.6 Å². The van der Waals surface area contributed by atoms with Gasteiger partial charge < -0.3 is 20.1 Å². The largest absolute Gasteiger partial charge is 0.459 e. The van der Waals surface area contributed by atoms with E-state index in [1.54, 1.807) is 13.8 Å². The first kappa shape index (κ1) is 19.4. The zero-order valence-corrected chi connectivity index (χ0v) is 14.0. The van der Waals surface area contributed by atoms with Gasteiger partial charge in [0, 0.05) is 13.1 Å². The molecule has 1 fully saturated rings. The van der Waals surface area contributed by atoms with Gasteiger partial charge in [0.15, 0.2) is 5.60 Å². The number of carbonyl (C=O) groups is 1. The number of rotatable bonds is 5. The van der Waals surface area contributed by atoms with Gasteiger partial charge in [-0.05, 0) is 24.8 Å². The molecule has 2 heterocycles. The van der Waals surface area contributed by atoms with Crippen LogP contribution < -0.4 is 0 Å². The Morgan fingerprint density at radius 2 is 2.14 bits per heavy atom. The first-order valence-corrected chi connectivity index (χ1v) is 7.47. The smallest absolute Gasteiger partial charge is 0.341 e. The maximum Gasteiger partial charge on any atom is 0.341 e. The molecule has 0 aromatic rings.